The van der Waals surface area contributed by atoms with Gasteiger partial charge in [-0.3, -0.25) is 14.5 Å². The van der Waals surface area contributed by atoms with Crippen molar-refractivity contribution in [1.29, 1.82) is 0 Å². The summed E-state index contributed by atoms with van der Waals surface area (Å²) >= 11 is 0. The van der Waals surface area contributed by atoms with Crippen LogP contribution in [0.5, 0.6) is 11.5 Å². The van der Waals surface area contributed by atoms with Crippen LogP contribution in [0.3, 0.4) is 0 Å². The first-order valence-corrected chi connectivity index (χ1v) is 12.7. The van der Waals surface area contributed by atoms with Gasteiger partial charge in [0.25, 0.3) is 11.7 Å². The molecule has 2 N–H and O–H groups in total. The number of anilines is 1. The van der Waals surface area contributed by atoms with Crippen molar-refractivity contribution in [2.24, 2.45) is 5.92 Å². The number of hydrogen-bond donors (Lipinski definition) is 2. The van der Waals surface area contributed by atoms with Gasteiger partial charge in [0.15, 0.2) is 0 Å². The number of para-hydroxylation sites is 1. The van der Waals surface area contributed by atoms with Gasteiger partial charge in [-0.2, -0.15) is 0 Å². The number of H-pyrrole nitrogens is 1. The average molecular weight is 511 g/mol. The molecule has 194 valence electrons. The lowest BCUT2D eigenvalue weighted by Gasteiger charge is -2.25. The number of carbonyl (C=O) groups excluding carboxylic acids is 2. The number of aromatic amines is 1. The summed E-state index contributed by atoms with van der Waals surface area (Å²) in [6.45, 7) is 7.11. The molecule has 1 aromatic heterocycles. The number of ether oxygens (including phenoxy) is 2. The van der Waals surface area contributed by atoms with Crippen LogP contribution in [0.1, 0.15) is 37.9 Å². The number of aromatic nitrogens is 1. The molecule has 1 aliphatic rings. The summed E-state index contributed by atoms with van der Waals surface area (Å²) in [4.78, 5) is 31.6. The van der Waals surface area contributed by atoms with E-state index in [1.807, 2.05) is 31.2 Å². The minimum absolute atomic E-state index is 0.0319. The monoisotopic (exact) mass is 510 g/mol. The number of aliphatic hydroxyl groups is 1. The average Bonchev–Trinajstić information content (AvgIpc) is 3.46. The van der Waals surface area contributed by atoms with E-state index in [1.54, 1.807) is 54.7 Å². The standard InChI is InChI=1S/C31H30N2O5/c1-4-37-22-15-11-21(12-16-22)33-28(25-17-32-26-8-6-5-7-24(25)26)27(30(35)31(33)36)29(34)20-9-13-23(14-10-20)38-18-19(2)3/h5-17,19,28,32,34H,4,18H2,1-3H3/b29-27+. The molecule has 4 aromatic rings. The molecule has 0 radical (unpaired) electrons. The Morgan fingerprint density at radius 2 is 1.61 bits per heavy atom. The molecule has 1 fully saturated rings. The van der Waals surface area contributed by atoms with E-state index in [2.05, 4.69) is 18.8 Å². The number of hydrogen-bond acceptors (Lipinski definition) is 5. The number of carbonyl (C=O) groups is 2. The molecule has 7 heteroatoms. The third kappa shape index (κ3) is 4.63. The van der Waals surface area contributed by atoms with Crippen molar-refractivity contribution >= 4 is 34.0 Å². The minimum Gasteiger partial charge on any atom is -0.507 e. The van der Waals surface area contributed by atoms with Gasteiger partial charge in [0, 0.05) is 33.9 Å². The number of ketones is 1. The molecule has 1 aliphatic heterocycles. The summed E-state index contributed by atoms with van der Waals surface area (Å²) in [7, 11) is 0. The summed E-state index contributed by atoms with van der Waals surface area (Å²) in [5.41, 5.74) is 2.57. The molecule has 0 saturated carbocycles. The van der Waals surface area contributed by atoms with Gasteiger partial charge < -0.3 is 19.6 Å². The van der Waals surface area contributed by atoms with Gasteiger partial charge in [-0.15, -0.1) is 0 Å². The summed E-state index contributed by atoms with van der Waals surface area (Å²) < 4.78 is 11.3. The summed E-state index contributed by atoms with van der Waals surface area (Å²) in [5, 5.41) is 12.3. The molecule has 0 aliphatic carbocycles. The van der Waals surface area contributed by atoms with E-state index in [0.717, 1.165) is 10.9 Å². The summed E-state index contributed by atoms with van der Waals surface area (Å²) in [5.74, 6) is 0.0181. The third-order valence-corrected chi connectivity index (χ3v) is 6.50. The number of nitrogens with zero attached hydrogens (tertiary/aromatic N) is 1. The van der Waals surface area contributed by atoms with Crippen LogP contribution in [0.4, 0.5) is 5.69 Å². The largest absolute Gasteiger partial charge is 0.507 e. The number of amides is 1. The first-order valence-electron chi connectivity index (χ1n) is 12.7. The Morgan fingerprint density at radius 3 is 2.29 bits per heavy atom. The Labute approximate surface area is 221 Å². The Morgan fingerprint density at radius 1 is 0.947 bits per heavy atom. The molecule has 5 rings (SSSR count). The zero-order valence-corrected chi connectivity index (χ0v) is 21.6. The molecule has 3 aromatic carbocycles. The van der Waals surface area contributed by atoms with Crippen LogP contribution in [0.25, 0.3) is 16.7 Å². The first-order chi connectivity index (χ1) is 18.4. The SMILES string of the molecule is CCOc1ccc(N2C(=O)C(=O)/C(=C(/O)c3ccc(OCC(C)C)cc3)C2c2c[nH]c3ccccc23)cc1. The lowest BCUT2D eigenvalue weighted by Crippen LogP contribution is -2.29. The number of nitrogens with one attached hydrogen (secondary N) is 1. The van der Waals surface area contributed by atoms with Crippen molar-refractivity contribution in [2.45, 2.75) is 26.8 Å². The number of fused-ring (bicyclic) bond motifs is 1. The fraction of sp³-hybridized carbons (Fsp3) is 0.226. The van der Waals surface area contributed by atoms with Gasteiger partial charge in [-0.1, -0.05) is 32.0 Å². The highest BCUT2D eigenvalue weighted by atomic mass is 16.5. The Hall–Kier alpha value is -4.52. The molecule has 1 saturated heterocycles. The van der Waals surface area contributed by atoms with E-state index < -0.39 is 17.7 Å². The molecule has 2 heterocycles. The van der Waals surface area contributed by atoms with E-state index in [0.29, 0.717) is 47.4 Å². The molecule has 0 bridgehead atoms. The second kappa shape index (κ2) is 10.5. The van der Waals surface area contributed by atoms with Gasteiger partial charge in [0.05, 0.1) is 24.8 Å². The topological polar surface area (TPSA) is 91.9 Å². The molecule has 1 amide bonds. The normalized spacial score (nSPS) is 16.9. The summed E-state index contributed by atoms with van der Waals surface area (Å²) in [6, 6.07) is 20.8. The van der Waals surface area contributed by atoms with Crippen molar-refractivity contribution in [3.8, 4) is 11.5 Å². The molecule has 38 heavy (non-hydrogen) atoms. The number of aliphatic hydroxyl groups excluding tert-OH is 1. The van der Waals surface area contributed by atoms with Gasteiger partial charge in [0.1, 0.15) is 17.3 Å². The molecular formula is C31H30N2O5. The highest BCUT2D eigenvalue weighted by Crippen LogP contribution is 2.44. The van der Waals surface area contributed by atoms with Crippen LogP contribution in [0.2, 0.25) is 0 Å². The molecule has 1 atom stereocenters. The number of Topliss-reactive ketones (excluding diaryl/α,β-unsaturated/α-hetero) is 1. The maximum absolute atomic E-state index is 13.5. The van der Waals surface area contributed by atoms with Crippen LogP contribution >= 0.6 is 0 Å². The van der Waals surface area contributed by atoms with Gasteiger partial charge >= 0.3 is 0 Å². The van der Waals surface area contributed by atoms with Crippen molar-refractivity contribution in [3.05, 3.63) is 95.7 Å². The number of benzene rings is 3. The Balaban J connectivity index is 1.63. The Bertz CT molecular complexity index is 1500. The van der Waals surface area contributed by atoms with Gasteiger partial charge in [-0.25, -0.2) is 0 Å². The van der Waals surface area contributed by atoms with E-state index in [4.69, 9.17) is 9.47 Å². The van der Waals surface area contributed by atoms with E-state index in [9.17, 15) is 14.7 Å². The number of rotatable bonds is 8. The highest BCUT2D eigenvalue weighted by molar-refractivity contribution is 6.51. The van der Waals surface area contributed by atoms with E-state index >= 15 is 0 Å². The highest BCUT2D eigenvalue weighted by Gasteiger charge is 2.47. The zero-order chi connectivity index (χ0) is 26.8. The smallest absolute Gasteiger partial charge is 0.300 e. The molecule has 0 spiro atoms. The molecule has 1 unspecified atom stereocenters. The van der Waals surface area contributed by atoms with E-state index in [-0.39, 0.29) is 11.3 Å². The second-order valence-corrected chi connectivity index (χ2v) is 9.61. The van der Waals surface area contributed by atoms with Gasteiger partial charge in [-0.05, 0) is 67.4 Å². The van der Waals surface area contributed by atoms with Crippen LogP contribution in [-0.2, 0) is 9.59 Å². The Kier molecular flexibility index (Phi) is 6.92. The lowest BCUT2D eigenvalue weighted by atomic mass is 9.94. The van der Waals surface area contributed by atoms with Crippen molar-refractivity contribution in [3.63, 3.8) is 0 Å². The fourth-order valence-corrected chi connectivity index (χ4v) is 4.71. The van der Waals surface area contributed by atoms with Crippen molar-refractivity contribution in [1.82, 2.24) is 4.98 Å². The minimum atomic E-state index is -0.832. The van der Waals surface area contributed by atoms with Crippen molar-refractivity contribution in [2.75, 3.05) is 18.1 Å². The van der Waals surface area contributed by atoms with Crippen LogP contribution in [0.15, 0.2) is 84.6 Å². The maximum atomic E-state index is 13.5. The lowest BCUT2D eigenvalue weighted by molar-refractivity contribution is -0.132. The predicted molar refractivity (Wildman–Crippen MR) is 147 cm³/mol. The van der Waals surface area contributed by atoms with Crippen molar-refractivity contribution < 1.29 is 24.2 Å². The summed E-state index contributed by atoms with van der Waals surface area (Å²) in [6.07, 6.45) is 1.79. The van der Waals surface area contributed by atoms with Crippen LogP contribution < -0.4 is 14.4 Å². The van der Waals surface area contributed by atoms with Crippen LogP contribution in [0, 0.1) is 5.92 Å². The first kappa shape index (κ1) is 25.1. The molecular weight excluding hydrogens is 480 g/mol. The molecule has 7 nitrogen and oxygen atoms in total. The van der Waals surface area contributed by atoms with E-state index in [1.165, 1.54) is 4.90 Å². The zero-order valence-electron chi connectivity index (χ0n) is 21.6. The van der Waals surface area contributed by atoms with Crippen LogP contribution in [-0.4, -0.2) is 35.0 Å². The maximum Gasteiger partial charge on any atom is 0.300 e. The second-order valence-electron chi connectivity index (χ2n) is 9.61. The van der Waals surface area contributed by atoms with Gasteiger partial charge in [0.2, 0.25) is 0 Å². The predicted octanol–water partition coefficient (Wildman–Crippen LogP) is 6.23. The third-order valence-electron chi connectivity index (χ3n) is 6.50. The fourth-order valence-electron chi connectivity index (χ4n) is 4.71. The quantitative estimate of drug-likeness (QED) is 0.167.